The number of amides is 1. The number of hydrogen-bond donors (Lipinski definition) is 1. The van der Waals surface area contributed by atoms with E-state index in [2.05, 4.69) is 5.10 Å². The van der Waals surface area contributed by atoms with Crippen molar-refractivity contribution in [3.05, 3.63) is 39.3 Å². The highest BCUT2D eigenvalue weighted by Gasteiger charge is 2.25. The Hall–Kier alpha value is -1.86. The summed E-state index contributed by atoms with van der Waals surface area (Å²) >= 11 is 7.31. The van der Waals surface area contributed by atoms with Gasteiger partial charge in [0.05, 0.1) is 28.6 Å². The molecular weight excluding hydrogens is 338 g/mol. The zero-order chi connectivity index (χ0) is 16.4. The van der Waals surface area contributed by atoms with Crippen molar-refractivity contribution in [3.63, 3.8) is 0 Å². The predicted molar refractivity (Wildman–Crippen MR) is 87.1 cm³/mol. The summed E-state index contributed by atoms with van der Waals surface area (Å²) in [7, 11) is 0. The zero-order valence-electron chi connectivity index (χ0n) is 12.3. The first-order valence-corrected chi connectivity index (χ1v) is 8.52. The van der Waals surface area contributed by atoms with Crippen LogP contribution in [0.25, 0.3) is 0 Å². The van der Waals surface area contributed by atoms with Crippen LogP contribution in [0.4, 0.5) is 0 Å². The number of thiophene rings is 1. The third-order valence-corrected chi connectivity index (χ3v) is 5.23. The van der Waals surface area contributed by atoms with Gasteiger partial charge in [-0.25, -0.2) is 4.79 Å². The molecule has 0 unspecified atom stereocenters. The molecule has 6 nitrogen and oxygen atoms in total. The topological polar surface area (TPSA) is 75.4 Å². The Morgan fingerprint density at radius 2 is 2.09 bits per heavy atom. The van der Waals surface area contributed by atoms with Gasteiger partial charge in [-0.3, -0.25) is 9.48 Å². The Labute approximate surface area is 142 Å². The molecule has 1 fully saturated rings. The molecule has 0 saturated carbocycles. The van der Waals surface area contributed by atoms with E-state index < -0.39 is 5.97 Å². The molecular formula is C15H16ClN3O3S. The molecule has 8 heteroatoms. The maximum absolute atomic E-state index is 12.3. The van der Waals surface area contributed by atoms with Crippen LogP contribution in [0, 0.1) is 0 Å². The van der Waals surface area contributed by atoms with E-state index in [1.54, 1.807) is 16.9 Å². The maximum Gasteiger partial charge on any atom is 0.338 e. The highest BCUT2D eigenvalue weighted by molar-refractivity contribution is 7.16. The number of halogens is 1. The number of likely N-dealkylation sites (tertiary alicyclic amines) is 1. The first-order valence-electron chi connectivity index (χ1n) is 7.32. The van der Waals surface area contributed by atoms with Crippen LogP contribution in [0.5, 0.6) is 0 Å². The van der Waals surface area contributed by atoms with Gasteiger partial charge in [-0.2, -0.15) is 5.10 Å². The van der Waals surface area contributed by atoms with Gasteiger partial charge >= 0.3 is 5.97 Å². The first-order chi connectivity index (χ1) is 11.0. The molecule has 0 radical (unpaired) electrons. The van der Waals surface area contributed by atoms with Crippen molar-refractivity contribution in [2.75, 3.05) is 13.1 Å². The molecule has 2 aromatic heterocycles. The molecule has 1 saturated heterocycles. The number of carbonyl (C=O) groups is 2. The van der Waals surface area contributed by atoms with E-state index in [0.29, 0.717) is 23.8 Å². The predicted octanol–water partition coefficient (Wildman–Crippen LogP) is 2.70. The van der Waals surface area contributed by atoms with Gasteiger partial charge in [0, 0.05) is 24.2 Å². The van der Waals surface area contributed by atoms with Crippen molar-refractivity contribution in [2.45, 2.75) is 25.3 Å². The average molecular weight is 354 g/mol. The Bertz CT molecular complexity index is 719. The molecule has 3 rings (SSSR count). The van der Waals surface area contributed by atoms with Gasteiger partial charge in [0.1, 0.15) is 0 Å². The van der Waals surface area contributed by atoms with Crippen LogP contribution in [0.15, 0.2) is 24.5 Å². The molecule has 1 aliphatic rings. The van der Waals surface area contributed by atoms with Gasteiger partial charge in [-0.1, -0.05) is 11.6 Å². The second-order valence-corrected chi connectivity index (χ2v) is 7.31. The number of hydrogen-bond acceptors (Lipinski definition) is 4. The highest BCUT2D eigenvalue weighted by Crippen LogP contribution is 2.25. The Morgan fingerprint density at radius 1 is 1.35 bits per heavy atom. The van der Waals surface area contributed by atoms with Gasteiger partial charge in [0.2, 0.25) is 5.91 Å². The SMILES string of the molecule is O=C(O)c1cnn(C2CCN(C(=O)Cc3ccc(Cl)s3)CC2)c1. The average Bonchev–Trinajstić information content (AvgIpc) is 3.17. The minimum atomic E-state index is -0.974. The summed E-state index contributed by atoms with van der Waals surface area (Å²) in [5.41, 5.74) is 0.193. The van der Waals surface area contributed by atoms with Crippen LogP contribution in [-0.4, -0.2) is 44.8 Å². The molecule has 0 spiro atoms. The number of aromatic nitrogens is 2. The largest absolute Gasteiger partial charge is 0.478 e. The maximum atomic E-state index is 12.3. The van der Waals surface area contributed by atoms with Crippen molar-refractivity contribution in [1.82, 2.24) is 14.7 Å². The summed E-state index contributed by atoms with van der Waals surface area (Å²) in [4.78, 5) is 26.0. The zero-order valence-corrected chi connectivity index (χ0v) is 13.9. The number of piperidine rings is 1. The van der Waals surface area contributed by atoms with Crippen molar-refractivity contribution in [3.8, 4) is 0 Å². The summed E-state index contributed by atoms with van der Waals surface area (Å²) in [5.74, 6) is -0.868. The Morgan fingerprint density at radius 3 is 2.65 bits per heavy atom. The van der Waals surface area contributed by atoms with E-state index in [1.165, 1.54) is 17.5 Å². The Balaban J connectivity index is 1.55. The highest BCUT2D eigenvalue weighted by atomic mass is 35.5. The van der Waals surface area contributed by atoms with Gasteiger partial charge in [-0.05, 0) is 25.0 Å². The fourth-order valence-electron chi connectivity index (χ4n) is 2.74. The van der Waals surface area contributed by atoms with Gasteiger partial charge in [-0.15, -0.1) is 11.3 Å². The normalized spacial score (nSPS) is 15.8. The van der Waals surface area contributed by atoms with Crippen LogP contribution in [0.3, 0.4) is 0 Å². The van der Waals surface area contributed by atoms with Crippen LogP contribution < -0.4 is 0 Å². The standard InChI is InChI=1S/C15H16ClN3O3S/c16-13-2-1-12(23-13)7-14(20)18-5-3-11(4-6-18)19-9-10(8-17-19)15(21)22/h1-2,8-9,11H,3-7H2,(H,21,22). The summed E-state index contributed by atoms with van der Waals surface area (Å²) < 4.78 is 2.39. The van der Waals surface area contributed by atoms with Crippen LogP contribution in [0.1, 0.15) is 34.1 Å². The second kappa shape index (κ2) is 6.72. The molecule has 2 aromatic rings. The lowest BCUT2D eigenvalue weighted by Crippen LogP contribution is -2.39. The van der Waals surface area contributed by atoms with E-state index in [0.717, 1.165) is 17.7 Å². The van der Waals surface area contributed by atoms with E-state index in [9.17, 15) is 9.59 Å². The lowest BCUT2D eigenvalue weighted by atomic mass is 10.0. The number of carboxylic acids is 1. The third kappa shape index (κ3) is 3.73. The molecule has 0 atom stereocenters. The second-order valence-electron chi connectivity index (χ2n) is 5.51. The van der Waals surface area contributed by atoms with Crippen molar-refractivity contribution in [2.24, 2.45) is 0 Å². The summed E-state index contributed by atoms with van der Waals surface area (Å²) in [6.07, 6.45) is 4.85. The molecule has 122 valence electrons. The van der Waals surface area contributed by atoms with Gasteiger partial charge in [0.15, 0.2) is 0 Å². The molecule has 23 heavy (non-hydrogen) atoms. The molecule has 0 bridgehead atoms. The van der Waals surface area contributed by atoms with Gasteiger partial charge in [0.25, 0.3) is 0 Å². The van der Waals surface area contributed by atoms with Crippen LogP contribution >= 0.6 is 22.9 Å². The smallest absolute Gasteiger partial charge is 0.338 e. The quantitative estimate of drug-likeness (QED) is 0.917. The molecule has 0 aromatic carbocycles. The van der Waals surface area contributed by atoms with E-state index in [4.69, 9.17) is 16.7 Å². The van der Waals surface area contributed by atoms with Crippen LogP contribution in [-0.2, 0) is 11.2 Å². The fraction of sp³-hybridized carbons (Fsp3) is 0.400. The lowest BCUT2D eigenvalue weighted by Gasteiger charge is -2.32. The third-order valence-electron chi connectivity index (χ3n) is 3.99. The summed E-state index contributed by atoms with van der Waals surface area (Å²) in [6, 6.07) is 3.83. The van der Waals surface area contributed by atoms with Crippen molar-refractivity contribution in [1.29, 1.82) is 0 Å². The molecule has 0 aliphatic carbocycles. The Kier molecular flexibility index (Phi) is 4.68. The fourth-order valence-corrected chi connectivity index (χ4v) is 3.81. The van der Waals surface area contributed by atoms with Crippen LogP contribution in [0.2, 0.25) is 4.34 Å². The molecule has 1 N–H and O–H groups in total. The van der Waals surface area contributed by atoms with E-state index >= 15 is 0 Å². The van der Waals surface area contributed by atoms with Crippen molar-refractivity contribution < 1.29 is 14.7 Å². The number of nitrogens with zero attached hydrogens (tertiary/aromatic N) is 3. The van der Waals surface area contributed by atoms with E-state index in [-0.39, 0.29) is 17.5 Å². The number of aromatic carboxylic acids is 1. The lowest BCUT2D eigenvalue weighted by molar-refractivity contribution is -0.131. The summed E-state index contributed by atoms with van der Waals surface area (Å²) in [6.45, 7) is 1.32. The minimum absolute atomic E-state index is 0.105. The number of carbonyl (C=O) groups excluding carboxylic acids is 1. The minimum Gasteiger partial charge on any atom is -0.478 e. The summed E-state index contributed by atoms with van der Waals surface area (Å²) in [5, 5.41) is 13.1. The molecule has 1 aliphatic heterocycles. The number of carboxylic acid groups (broad SMARTS) is 1. The van der Waals surface area contributed by atoms with Crippen molar-refractivity contribution >= 4 is 34.8 Å². The molecule has 3 heterocycles. The first kappa shape index (κ1) is 16.0. The monoisotopic (exact) mass is 353 g/mol. The van der Waals surface area contributed by atoms with Gasteiger partial charge < -0.3 is 10.0 Å². The van der Waals surface area contributed by atoms with E-state index in [1.807, 2.05) is 11.0 Å². The molecule has 1 amide bonds. The number of rotatable bonds is 4.